The van der Waals surface area contributed by atoms with Crippen LogP contribution >= 0.6 is 0 Å². The summed E-state index contributed by atoms with van der Waals surface area (Å²) in [4.78, 5) is 14.7. The van der Waals surface area contributed by atoms with Gasteiger partial charge in [-0.2, -0.15) is 0 Å². The summed E-state index contributed by atoms with van der Waals surface area (Å²) in [5.41, 5.74) is 0.896. The molecule has 1 aliphatic rings. The average Bonchev–Trinajstić information content (AvgIpc) is 2.54. The lowest BCUT2D eigenvalue weighted by atomic mass is 9.91. The van der Waals surface area contributed by atoms with E-state index in [1.54, 1.807) is 18.7 Å². The standard InChI is InChI=1S/C17H25NO4S/c1-4-18(13(3)12-23(20,21)5-2)17(19)15-10-11-22-16-9-7-6-8-14(15)16/h6-9,13,15H,4-5,10-12H2,1-3H3. The maximum absolute atomic E-state index is 13.0. The van der Waals surface area contributed by atoms with Crippen molar-refractivity contribution in [2.24, 2.45) is 0 Å². The van der Waals surface area contributed by atoms with Crippen molar-refractivity contribution in [3.63, 3.8) is 0 Å². The number of carbonyl (C=O) groups excluding carboxylic acids is 1. The van der Waals surface area contributed by atoms with E-state index < -0.39 is 9.84 Å². The summed E-state index contributed by atoms with van der Waals surface area (Å²) < 4.78 is 29.3. The van der Waals surface area contributed by atoms with Crippen LogP contribution in [-0.4, -0.2) is 49.9 Å². The molecule has 0 N–H and O–H groups in total. The normalized spacial score (nSPS) is 18.7. The van der Waals surface area contributed by atoms with Crippen LogP contribution in [0, 0.1) is 0 Å². The third-order valence-electron chi connectivity index (χ3n) is 4.35. The highest BCUT2D eigenvalue weighted by atomic mass is 32.2. The summed E-state index contributed by atoms with van der Waals surface area (Å²) in [6.45, 7) is 6.33. The van der Waals surface area contributed by atoms with Crippen molar-refractivity contribution >= 4 is 15.7 Å². The molecule has 23 heavy (non-hydrogen) atoms. The molecule has 0 saturated heterocycles. The second-order valence-electron chi connectivity index (χ2n) is 5.90. The number of carbonyl (C=O) groups is 1. The van der Waals surface area contributed by atoms with E-state index in [4.69, 9.17) is 4.74 Å². The maximum Gasteiger partial charge on any atom is 0.230 e. The van der Waals surface area contributed by atoms with Crippen LogP contribution in [0.5, 0.6) is 5.75 Å². The SMILES string of the molecule is CCN(C(=O)C1CCOc2ccccc21)C(C)CS(=O)(=O)CC. The van der Waals surface area contributed by atoms with Crippen LogP contribution in [0.15, 0.2) is 24.3 Å². The van der Waals surface area contributed by atoms with Gasteiger partial charge in [-0.25, -0.2) is 8.42 Å². The highest BCUT2D eigenvalue weighted by Crippen LogP contribution is 2.34. The molecule has 2 rings (SSSR count). The molecule has 0 radical (unpaired) electrons. The predicted octanol–water partition coefficient (Wildman–Crippen LogP) is 2.22. The molecule has 0 spiro atoms. The van der Waals surface area contributed by atoms with E-state index in [1.165, 1.54) is 0 Å². The summed E-state index contributed by atoms with van der Waals surface area (Å²) >= 11 is 0. The number of ether oxygens (including phenoxy) is 1. The van der Waals surface area contributed by atoms with E-state index in [1.807, 2.05) is 31.2 Å². The van der Waals surface area contributed by atoms with Crippen LogP contribution in [0.2, 0.25) is 0 Å². The van der Waals surface area contributed by atoms with Crippen LogP contribution in [0.3, 0.4) is 0 Å². The molecule has 1 aromatic rings. The Morgan fingerprint density at radius 3 is 2.70 bits per heavy atom. The molecule has 128 valence electrons. The topological polar surface area (TPSA) is 63.7 Å². The summed E-state index contributed by atoms with van der Waals surface area (Å²) in [5, 5.41) is 0. The number of rotatable bonds is 6. The third kappa shape index (κ3) is 4.05. The molecule has 0 aliphatic carbocycles. The number of nitrogens with zero attached hydrogens (tertiary/aromatic N) is 1. The van der Waals surface area contributed by atoms with Crippen molar-refractivity contribution in [2.45, 2.75) is 39.2 Å². The fourth-order valence-corrected chi connectivity index (χ4v) is 4.21. The van der Waals surface area contributed by atoms with Gasteiger partial charge in [0.05, 0.1) is 18.3 Å². The Kier molecular flexibility index (Phi) is 5.68. The fraction of sp³-hybridized carbons (Fsp3) is 0.588. The Bertz CT molecular complexity index is 656. The van der Waals surface area contributed by atoms with Gasteiger partial charge in [-0.1, -0.05) is 25.1 Å². The van der Waals surface area contributed by atoms with Crippen molar-refractivity contribution in [2.75, 3.05) is 24.7 Å². The van der Waals surface area contributed by atoms with Crippen LogP contribution in [0.25, 0.3) is 0 Å². The number of benzene rings is 1. The Balaban J connectivity index is 2.21. The molecule has 2 atom stereocenters. The minimum Gasteiger partial charge on any atom is -0.493 e. The lowest BCUT2D eigenvalue weighted by molar-refractivity contribution is -0.134. The number of hydrogen-bond donors (Lipinski definition) is 0. The van der Waals surface area contributed by atoms with E-state index in [-0.39, 0.29) is 29.4 Å². The van der Waals surface area contributed by atoms with Gasteiger partial charge in [0.15, 0.2) is 9.84 Å². The molecule has 2 unspecified atom stereocenters. The average molecular weight is 339 g/mol. The highest BCUT2D eigenvalue weighted by molar-refractivity contribution is 7.91. The number of para-hydroxylation sites is 1. The van der Waals surface area contributed by atoms with Crippen molar-refractivity contribution in [3.8, 4) is 5.75 Å². The largest absolute Gasteiger partial charge is 0.493 e. The van der Waals surface area contributed by atoms with Gasteiger partial charge in [0.25, 0.3) is 0 Å². The number of hydrogen-bond acceptors (Lipinski definition) is 4. The van der Waals surface area contributed by atoms with E-state index in [0.29, 0.717) is 19.6 Å². The number of likely N-dealkylation sites (N-methyl/N-ethyl adjacent to an activating group) is 1. The Labute approximate surface area is 138 Å². The van der Waals surface area contributed by atoms with Crippen molar-refractivity contribution < 1.29 is 17.9 Å². The molecular weight excluding hydrogens is 314 g/mol. The van der Waals surface area contributed by atoms with Gasteiger partial charge in [0, 0.05) is 23.9 Å². The molecule has 0 aromatic heterocycles. The van der Waals surface area contributed by atoms with Gasteiger partial charge in [0.1, 0.15) is 5.75 Å². The molecule has 1 aromatic carbocycles. The lowest BCUT2D eigenvalue weighted by Gasteiger charge is -2.33. The van der Waals surface area contributed by atoms with Crippen molar-refractivity contribution in [1.29, 1.82) is 0 Å². The lowest BCUT2D eigenvalue weighted by Crippen LogP contribution is -2.45. The summed E-state index contributed by atoms with van der Waals surface area (Å²) in [5.74, 6) is 0.590. The second kappa shape index (κ2) is 7.34. The predicted molar refractivity (Wildman–Crippen MR) is 90.5 cm³/mol. The third-order valence-corrected chi connectivity index (χ3v) is 6.22. The minimum absolute atomic E-state index is 0.00788. The second-order valence-corrected chi connectivity index (χ2v) is 8.30. The van der Waals surface area contributed by atoms with Crippen LogP contribution in [0.4, 0.5) is 0 Å². The molecule has 1 heterocycles. The van der Waals surface area contributed by atoms with Gasteiger partial charge in [-0.3, -0.25) is 4.79 Å². The first kappa shape index (κ1) is 17.8. The Hall–Kier alpha value is -1.56. The number of fused-ring (bicyclic) bond motifs is 1. The van der Waals surface area contributed by atoms with Crippen molar-refractivity contribution in [1.82, 2.24) is 4.90 Å². The summed E-state index contributed by atoms with van der Waals surface area (Å²) in [6.07, 6.45) is 0.625. The van der Waals surface area contributed by atoms with E-state index in [0.717, 1.165) is 11.3 Å². The van der Waals surface area contributed by atoms with Gasteiger partial charge < -0.3 is 9.64 Å². The first-order valence-corrected chi connectivity index (χ1v) is 9.94. The molecule has 5 nitrogen and oxygen atoms in total. The zero-order valence-corrected chi connectivity index (χ0v) is 14.8. The molecule has 0 bridgehead atoms. The van der Waals surface area contributed by atoms with E-state index in [9.17, 15) is 13.2 Å². The first-order chi connectivity index (χ1) is 10.9. The van der Waals surface area contributed by atoms with Gasteiger partial charge in [0.2, 0.25) is 5.91 Å². The number of amides is 1. The smallest absolute Gasteiger partial charge is 0.230 e. The van der Waals surface area contributed by atoms with Gasteiger partial charge in [-0.15, -0.1) is 0 Å². The van der Waals surface area contributed by atoms with Crippen molar-refractivity contribution in [3.05, 3.63) is 29.8 Å². The molecule has 1 amide bonds. The molecular formula is C17H25NO4S. The van der Waals surface area contributed by atoms with Crippen LogP contribution < -0.4 is 4.74 Å². The molecule has 6 heteroatoms. The summed E-state index contributed by atoms with van der Waals surface area (Å²) in [7, 11) is -3.12. The fourth-order valence-electron chi connectivity index (χ4n) is 3.06. The monoisotopic (exact) mass is 339 g/mol. The molecule has 0 fully saturated rings. The maximum atomic E-state index is 13.0. The van der Waals surface area contributed by atoms with Gasteiger partial charge >= 0.3 is 0 Å². The van der Waals surface area contributed by atoms with E-state index >= 15 is 0 Å². The Morgan fingerprint density at radius 1 is 1.35 bits per heavy atom. The van der Waals surface area contributed by atoms with Crippen LogP contribution in [-0.2, 0) is 14.6 Å². The molecule has 0 saturated carbocycles. The van der Waals surface area contributed by atoms with Gasteiger partial charge in [-0.05, 0) is 26.3 Å². The quantitative estimate of drug-likeness (QED) is 0.797. The first-order valence-electron chi connectivity index (χ1n) is 8.12. The number of sulfone groups is 1. The summed E-state index contributed by atoms with van der Waals surface area (Å²) in [6, 6.07) is 7.25. The highest BCUT2D eigenvalue weighted by Gasteiger charge is 2.33. The zero-order valence-electron chi connectivity index (χ0n) is 14.0. The molecule has 1 aliphatic heterocycles. The zero-order chi connectivity index (χ0) is 17.0. The Morgan fingerprint density at radius 2 is 2.04 bits per heavy atom. The van der Waals surface area contributed by atoms with E-state index in [2.05, 4.69) is 0 Å². The minimum atomic E-state index is -3.12. The van der Waals surface area contributed by atoms with Crippen LogP contribution in [0.1, 0.15) is 38.7 Å².